The molecular weight excluding hydrogens is 402 g/mol. The number of hydrogen-bond donors (Lipinski definition) is 2. The average Bonchev–Trinajstić information content (AvgIpc) is 2.69. The Hall–Kier alpha value is -3.39. The Bertz CT molecular complexity index is 1160. The Kier molecular flexibility index (Phi) is 6.37. The van der Waals surface area contributed by atoms with Crippen LogP contribution in [0, 0.1) is 13.8 Å². The molecule has 1 heterocycles. The lowest BCUT2D eigenvalue weighted by Gasteiger charge is -2.10. The number of pyridine rings is 1. The first-order chi connectivity index (χ1) is 14.2. The van der Waals surface area contributed by atoms with Gasteiger partial charge in [-0.3, -0.25) is 9.52 Å². The standard InChI is InChI=1S/C22H23N3O4S/c1-15-7-8-16(2)20(11-15)29-21-10-9-17(13-23-21)14-24-22(26)18-5-4-6-19(12-18)25-30(3,27)28/h4-13,25H,14H2,1-3H3,(H,24,26). The van der Waals surface area contributed by atoms with Gasteiger partial charge in [-0.2, -0.15) is 0 Å². The summed E-state index contributed by atoms with van der Waals surface area (Å²) >= 11 is 0. The van der Waals surface area contributed by atoms with E-state index in [1.807, 2.05) is 38.1 Å². The van der Waals surface area contributed by atoms with Crippen LogP contribution in [0.3, 0.4) is 0 Å². The van der Waals surface area contributed by atoms with Crippen LogP contribution in [0.4, 0.5) is 5.69 Å². The molecule has 0 aliphatic rings. The Morgan fingerprint density at radius 3 is 2.57 bits per heavy atom. The summed E-state index contributed by atoms with van der Waals surface area (Å²) in [7, 11) is -3.41. The zero-order valence-electron chi connectivity index (χ0n) is 17.0. The Morgan fingerprint density at radius 1 is 1.07 bits per heavy atom. The van der Waals surface area contributed by atoms with Gasteiger partial charge in [0.1, 0.15) is 5.75 Å². The summed E-state index contributed by atoms with van der Waals surface area (Å²) in [6, 6.07) is 15.8. The summed E-state index contributed by atoms with van der Waals surface area (Å²) in [6.45, 7) is 4.25. The van der Waals surface area contributed by atoms with Gasteiger partial charge in [-0.05, 0) is 54.8 Å². The number of carbonyl (C=O) groups is 1. The third-order valence-corrected chi connectivity index (χ3v) is 4.84. The van der Waals surface area contributed by atoms with Gasteiger partial charge in [0.15, 0.2) is 0 Å². The molecule has 0 aliphatic heterocycles. The van der Waals surface area contributed by atoms with Crippen LogP contribution < -0.4 is 14.8 Å². The molecule has 3 aromatic rings. The molecule has 0 aliphatic carbocycles. The lowest BCUT2D eigenvalue weighted by Crippen LogP contribution is -2.23. The fraction of sp³-hybridized carbons (Fsp3) is 0.182. The number of anilines is 1. The van der Waals surface area contributed by atoms with Gasteiger partial charge in [0, 0.05) is 30.1 Å². The molecule has 8 heteroatoms. The number of amides is 1. The minimum absolute atomic E-state index is 0.277. The van der Waals surface area contributed by atoms with Gasteiger partial charge in [-0.25, -0.2) is 13.4 Å². The predicted octanol–water partition coefficient (Wildman–Crippen LogP) is 3.79. The van der Waals surface area contributed by atoms with Crippen LogP contribution in [0.2, 0.25) is 0 Å². The number of nitrogens with one attached hydrogen (secondary N) is 2. The highest BCUT2D eigenvalue weighted by Gasteiger charge is 2.09. The van der Waals surface area contributed by atoms with Gasteiger partial charge in [0.25, 0.3) is 5.91 Å². The van der Waals surface area contributed by atoms with Crippen molar-refractivity contribution in [3.05, 3.63) is 83.0 Å². The van der Waals surface area contributed by atoms with Crippen molar-refractivity contribution in [2.45, 2.75) is 20.4 Å². The number of sulfonamides is 1. The van der Waals surface area contributed by atoms with Crippen LogP contribution in [-0.4, -0.2) is 25.6 Å². The second-order valence-electron chi connectivity index (χ2n) is 7.01. The van der Waals surface area contributed by atoms with E-state index in [0.717, 1.165) is 28.7 Å². The van der Waals surface area contributed by atoms with Crippen molar-refractivity contribution in [3.8, 4) is 11.6 Å². The Labute approximate surface area is 176 Å². The van der Waals surface area contributed by atoms with Crippen LogP contribution in [0.5, 0.6) is 11.6 Å². The highest BCUT2D eigenvalue weighted by atomic mass is 32.2. The minimum Gasteiger partial charge on any atom is -0.439 e. The maximum atomic E-state index is 12.4. The first-order valence-electron chi connectivity index (χ1n) is 9.26. The van der Waals surface area contributed by atoms with Gasteiger partial charge in [-0.15, -0.1) is 0 Å². The van der Waals surface area contributed by atoms with Crippen LogP contribution in [-0.2, 0) is 16.6 Å². The molecule has 0 spiro atoms. The number of rotatable bonds is 7. The predicted molar refractivity (Wildman–Crippen MR) is 116 cm³/mol. The third kappa shape index (κ3) is 6.05. The van der Waals surface area contributed by atoms with Crippen molar-refractivity contribution in [2.24, 2.45) is 0 Å². The maximum Gasteiger partial charge on any atom is 0.251 e. The van der Waals surface area contributed by atoms with Gasteiger partial charge < -0.3 is 10.1 Å². The van der Waals surface area contributed by atoms with Crippen molar-refractivity contribution in [1.29, 1.82) is 0 Å². The number of aryl methyl sites for hydroxylation is 2. The molecule has 30 heavy (non-hydrogen) atoms. The van der Waals surface area contributed by atoms with Gasteiger partial charge in [-0.1, -0.05) is 24.3 Å². The third-order valence-electron chi connectivity index (χ3n) is 4.24. The van der Waals surface area contributed by atoms with Crippen LogP contribution >= 0.6 is 0 Å². The molecule has 2 N–H and O–H groups in total. The lowest BCUT2D eigenvalue weighted by atomic mass is 10.1. The van der Waals surface area contributed by atoms with E-state index in [1.54, 1.807) is 30.5 Å². The van der Waals surface area contributed by atoms with Crippen LogP contribution in [0.25, 0.3) is 0 Å². The van der Waals surface area contributed by atoms with E-state index in [1.165, 1.54) is 6.07 Å². The van der Waals surface area contributed by atoms with Crippen molar-refractivity contribution in [2.75, 3.05) is 11.0 Å². The first kappa shape index (κ1) is 21.3. The van der Waals surface area contributed by atoms with Crippen molar-refractivity contribution < 1.29 is 17.9 Å². The summed E-state index contributed by atoms with van der Waals surface area (Å²) in [5.74, 6) is 0.910. The fourth-order valence-electron chi connectivity index (χ4n) is 2.73. The first-order valence-corrected chi connectivity index (χ1v) is 11.1. The molecule has 0 saturated heterocycles. The molecule has 156 valence electrons. The molecule has 1 aromatic heterocycles. The van der Waals surface area contributed by atoms with E-state index in [4.69, 9.17) is 4.74 Å². The average molecular weight is 426 g/mol. The fourth-order valence-corrected chi connectivity index (χ4v) is 3.28. The van der Waals surface area contributed by atoms with E-state index in [9.17, 15) is 13.2 Å². The van der Waals surface area contributed by atoms with E-state index in [2.05, 4.69) is 15.0 Å². The summed E-state index contributed by atoms with van der Waals surface area (Å²) in [4.78, 5) is 16.7. The molecule has 3 rings (SSSR count). The smallest absolute Gasteiger partial charge is 0.251 e. The molecular formula is C22H23N3O4S. The quantitative estimate of drug-likeness (QED) is 0.600. The van der Waals surface area contributed by atoms with Crippen LogP contribution in [0.15, 0.2) is 60.8 Å². The lowest BCUT2D eigenvalue weighted by molar-refractivity contribution is 0.0951. The monoisotopic (exact) mass is 425 g/mol. The SMILES string of the molecule is Cc1ccc(C)c(Oc2ccc(CNC(=O)c3cccc(NS(C)(=O)=O)c3)cn2)c1. The molecule has 0 saturated carbocycles. The highest BCUT2D eigenvalue weighted by Crippen LogP contribution is 2.24. The molecule has 0 bridgehead atoms. The second-order valence-corrected chi connectivity index (χ2v) is 8.76. The number of ether oxygens (including phenoxy) is 1. The van der Waals surface area contributed by atoms with E-state index < -0.39 is 10.0 Å². The maximum absolute atomic E-state index is 12.4. The number of carbonyl (C=O) groups excluding carboxylic acids is 1. The molecule has 0 unspecified atom stereocenters. The van der Waals surface area contributed by atoms with Crippen molar-refractivity contribution >= 4 is 21.6 Å². The van der Waals surface area contributed by atoms with E-state index in [-0.39, 0.29) is 12.5 Å². The summed E-state index contributed by atoms with van der Waals surface area (Å²) in [6.07, 6.45) is 2.70. The Morgan fingerprint density at radius 2 is 1.87 bits per heavy atom. The summed E-state index contributed by atoms with van der Waals surface area (Å²) in [5, 5.41) is 2.79. The molecule has 7 nitrogen and oxygen atoms in total. The molecule has 0 radical (unpaired) electrons. The van der Waals surface area contributed by atoms with E-state index >= 15 is 0 Å². The van der Waals surface area contributed by atoms with Gasteiger partial charge in [0.05, 0.1) is 6.26 Å². The normalized spacial score (nSPS) is 11.0. The zero-order valence-corrected chi connectivity index (χ0v) is 17.8. The number of nitrogens with zero attached hydrogens (tertiary/aromatic N) is 1. The van der Waals surface area contributed by atoms with Gasteiger partial charge >= 0.3 is 0 Å². The summed E-state index contributed by atoms with van der Waals surface area (Å²) in [5.41, 5.74) is 3.62. The molecule has 1 amide bonds. The molecule has 0 atom stereocenters. The molecule has 0 fully saturated rings. The Balaban J connectivity index is 1.60. The topological polar surface area (TPSA) is 97.4 Å². The van der Waals surface area contributed by atoms with Gasteiger partial charge in [0.2, 0.25) is 15.9 Å². The highest BCUT2D eigenvalue weighted by molar-refractivity contribution is 7.92. The van der Waals surface area contributed by atoms with E-state index in [0.29, 0.717) is 17.1 Å². The minimum atomic E-state index is -3.41. The zero-order chi connectivity index (χ0) is 21.7. The number of hydrogen-bond acceptors (Lipinski definition) is 5. The second kappa shape index (κ2) is 8.96. The summed E-state index contributed by atoms with van der Waals surface area (Å²) < 4.78 is 30.9. The van der Waals surface area contributed by atoms with Crippen molar-refractivity contribution in [1.82, 2.24) is 10.3 Å². The van der Waals surface area contributed by atoms with Crippen molar-refractivity contribution in [3.63, 3.8) is 0 Å². The van der Waals surface area contributed by atoms with Crippen LogP contribution in [0.1, 0.15) is 27.0 Å². The number of benzene rings is 2. The number of aromatic nitrogens is 1. The largest absolute Gasteiger partial charge is 0.439 e. The molecule has 2 aromatic carbocycles.